The lowest BCUT2D eigenvalue weighted by molar-refractivity contribution is -0.137. The summed E-state index contributed by atoms with van der Waals surface area (Å²) >= 11 is 0. The summed E-state index contributed by atoms with van der Waals surface area (Å²) in [6.45, 7) is 5.89. The van der Waals surface area contributed by atoms with Gasteiger partial charge in [0.2, 0.25) is 0 Å². The lowest BCUT2D eigenvalue weighted by atomic mass is 9.89. The minimum Gasteiger partial charge on any atom is -0.339 e. The normalized spacial score (nSPS) is 18.7. The maximum Gasteiger partial charge on any atom is 0.416 e. The second-order valence-electron chi connectivity index (χ2n) is 8.98. The number of piperidine rings is 2. The van der Waals surface area contributed by atoms with Gasteiger partial charge in [0.05, 0.1) is 16.8 Å². The molecule has 0 radical (unpaired) electrons. The molecule has 172 valence electrons. The zero-order valence-corrected chi connectivity index (χ0v) is 18.5. The molecule has 2 aliphatic heterocycles. The lowest BCUT2D eigenvalue weighted by Crippen LogP contribution is -2.37. The van der Waals surface area contributed by atoms with Gasteiger partial charge in [0.1, 0.15) is 0 Å². The molecule has 7 heteroatoms. The first kappa shape index (κ1) is 22.8. The minimum atomic E-state index is -4.30. The van der Waals surface area contributed by atoms with E-state index in [0.29, 0.717) is 6.54 Å². The zero-order valence-electron chi connectivity index (χ0n) is 18.5. The molecule has 1 aromatic carbocycles. The van der Waals surface area contributed by atoms with Crippen molar-refractivity contribution in [3.63, 3.8) is 0 Å². The van der Waals surface area contributed by atoms with E-state index in [4.69, 9.17) is 4.98 Å². The third-order valence-electron chi connectivity index (χ3n) is 6.60. The molecule has 0 N–H and O–H groups in total. The highest BCUT2D eigenvalue weighted by molar-refractivity contribution is 5.95. The average Bonchev–Trinajstić information content (AvgIpc) is 2.79. The predicted octanol–water partition coefficient (Wildman–Crippen LogP) is 5.41. The van der Waals surface area contributed by atoms with Crippen LogP contribution in [0, 0.1) is 6.92 Å². The SMILES string of the molecule is Cc1ccc(C(=O)N2CCCCC2)c(C2CCN(Cc3ccc(C(F)(F)F)cc3)CC2)n1. The number of hydrogen-bond donors (Lipinski definition) is 0. The van der Waals surface area contributed by atoms with Gasteiger partial charge in [-0.3, -0.25) is 14.7 Å². The molecule has 3 heterocycles. The van der Waals surface area contributed by atoms with Crippen molar-refractivity contribution < 1.29 is 18.0 Å². The molecule has 0 saturated carbocycles. The third-order valence-corrected chi connectivity index (χ3v) is 6.60. The van der Waals surface area contributed by atoms with E-state index in [0.717, 1.165) is 86.5 Å². The summed E-state index contributed by atoms with van der Waals surface area (Å²) in [5, 5.41) is 0. The van der Waals surface area contributed by atoms with E-state index in [1.165, 1.54) is 6.42 Å². The number of carbonyl (C=O) groups excluding carboxylic acids is 1. The number of likely N-dealkylation sites (tertiary alicyclic amines) is 2. The summed E-state index contributed by atoms with van der Waals surface area (Å²) in [5.41, 5.74) is 2.83. The summed E-state index contributed by atoms with van der Waals surface area (Å²) in [7, 11) is 0. The van der Waals surface area contributed by atoms with Crippen molar-refractivity contribution in [2.45, 2.75) is 57.7 Å². The van der Waals surface area contributed by atoms with Crippen LogP contribution in [0.25, 0.3) is 0 Å². The molecule has 4 nitrogen and oxygen atoms in total. The van der Waals surface area contributed by atoms with Gasteiger partial charge in [-0.05, 0) is 81.9 Å². The fraction of sp³-hybridized carbons (Fsp3) is 0.520. The summed E-state index contributed by atoms with van der Waals surface area (Å²) in [6, 6.07) is 9.27. The topological polar surface area (TPSA) is 36.4 Å². The first-order chi connectivity index (χ1) is 15.3. The van der Waals surface area contributed by atoms with Crippen molar-refractivity contribution in [2.75, 3.05) is 26.2 Å². The van der Waals surface area contributed by atoms with Crippen LogP contribution in [-0.2, 0) is 12.7 Å². The van der Waals surface area contributed by atoms with E-state index in [-0.39, 0.29) is 11.8 Å². The molecular weight excluding hydrogens is 415 g/mol. The van der Waals surface area contributed by atoms with Crippen LogP contribution in [0.5, 0.6) is 0 Å². The van der Waals surface area contributed by atoms with Gasteiger partial charge < -0.3 is 4.90 Å². The molecule has 0 atom stereocenters. The molecule has 2 fully saturated rings. The molecular formula is C25H30F3N3O. The molecule has 32 heavy (non-hydrogen) atoms. The van der Waals surface area contributed by atoms with Gasteiger partial charge in [0, 0.05) is 31.2 Å². The quantitative estimate of drug-likeness (QED) is 0.631. The Balaban J connectivity index is 1.40. The fourth-order valence-corrected chi connectivity index (χ4v) is 4.76. The molecule has 2 aromatic rings. The Hall–Kier alpha value is -2.41. The number of nitrogens with zero attached hydrogens (tertiary/aromatic N) is 3. The van der Waals surface area contributed by atoms with Crippen molar-refractivity contribution >= 4 is 5.91 Å². The molecule has 1 amide bonds. The number of benzene rings is 1. The van der Waals surface area contributed by atoms with Crippen molar-refractivity contribution in [3.05, 3.63) is 64.5 Å². The highest BCUT2D eigenvalue weighted by atomic mass is 19.4. The van der Waals surface area contributed by atoms with Gasteiger partial charge in [0.25, 0.3) is 5.91 Å². The first-order valence-corrected chi connectivity index (χ1v) is 11.5. The van der Waals surface area contributed by atoms with Crippen LogP contribution in [-0.4, -0.2) is 46.9 Å². The largest absolute Gasteiger partial charge is 0.416 e. The predicted molar refractivity (Wildman–Crippen MR) is 117 cm³/mol. The van der Waals surface area contributed by atoms with Gasteiger partial charge in [-0.1, -0.05) is 12.1 Å². The Morgan fingerprint density at radius 3 is 2.25 bits per heavy atom. The summed E-state index contributed by atoms with van der Waals surface area (Å²) < 4.78 is 38.3. The lowest BCUT2D eigenvalue weighted by Gasteiger charge is -2.33. The molecule has 0 unspecified atom stereocenters. The van der Waals surface area contributed by atoms with Gasteiger partial charge in [-0.2, -0.15) is 13.2 Å². The van der Waals surface area contributed by atoms with Crippen molar-refractivity contribution in [1.82, 2.24) is 14.8 Å². The Kier molecular flexibility index (Phi) is 6.84. The van der Waals surface area contributed by atoms with Gasteiger partial charge in [-0.25, -0.2) is 0 Å². The Morgan fingerprint density at radius 2 is 1.62 bits per heavy atom. The van der Waals surface area contributed by atoms with Crippen LogP contribution in [0.15, 0.2) is 36.4 Å². The van der Waals surface area contributed by atoms with E-state index < -0.39 is 11.7 Å². The first-order valence-electron chi connectivity index (χ1n) is 11.5. The molecule has 0 spiro atoms. The molecule has 0 aliphatic carbocycles. The average molecular weight is 446 g/mol. The van der Waals surface area contributed by atoms with Crippen molar-refractivity contribution in [3.8, 4) is 0 Å². The Labute approximate surface area is 187 Å². The molecule has 2 aliphatic rings. The number of rotatable bonds is 4. The number of aromatic nitrogens is 1. The highest BCUT2D eigenvalue weighted by Crippen LogP contribution is 2.32. The van der Waals surface area contributed by atoms with Crippen LogP contribution >= 0.6 is 0 Å². The number of alkyl halides is 3. The Bertz CT molecular complexity index is 928. The van der Waals surface area contributed by atoms with Crippen LogP contribution in [0.4, 0.5) is 13.2 Å². The smallest absolute Gasteiger partial charge is 0.339 e. The van der Waals surface area contributed by atoms with Crippen LogP contribution in [0.1, 0.15) is 70.9 Å². The number of amides is 1. The molecule has 1 aromatic heterocycles. The number of halogens is 3. The highest BCUT2D eigenvalue weighted by Gasteiger charge is 2.31. The standard InChI is InChI=1S/C25H30F3N3O/c1-18-5-10-22(24(32)31-13-3-2-4-14-31)23(29-18)20-11-15-30(16-12-20)17-19-6-8-21(9-7-19)25(26,27)28/h5-10,20H,2-4,11-17H2,1H3. The Morgan fingerprint density at radius 1 is 0.969 bits per heavy atom. The van der Waals surface area contributed by atoms with Crippen LogP contribution < -0.4 is 0 Å². The van der Waals surface area contributed by atoms with Crippen LogP contribution in [0.2, 0.25) is 0 Å². The van der Waals surface area contributed by atoms with Crippen molar-refractivity contribution in [1.29, 1.82) is 0 Å². The van der Waals surface area contributed by atoms with E-state index in [9.17, 15) is 18.0 Å². The van der Waals surface area contributed by atoms with E-state index in [2.05, 4.69) is 4.90 Å². The van der Waals surface area contributed by atoms with Gasteiger partial charge >= 0.3 is 6.18 Å². The van der Waals surface area contributed by atoms with E-state index in [1.807, 2.05) is 24.0 Å². The maximum atomic E-state index is 13.2. The van der Waals surface area contributed by atoms with E-state index in [1.54, 1.807) is 12.1 Å². The molecule has 2 saturated heterocycles. The monoisotopic (exact) mass is 445 g/mol. The fourth-order valence-electron chi connectivity index (χ4n) is 4.76. The minimum absolute atomic E-state index is 0.0967. The molecule has 0 bridgehead atoms. The summed E-state index contributed by atoms with van der Waals surface area (Å²) in [6.07, 6.45) is 0.765. The van der Waals surface area contributed by atoms with Gasteiger partial charge in [-0.15, -0.1) is 0 Å². The summed E-state index contributed by atoms with van der Waals surface area (Å²) in [4.78, 5) is 22.2. The number of hydrogen-bond acceptors (Lipinski definition) is 3. The second kappa shape index (κ2) is 9.61. The number of pyridine rings is 1. The maximum absolute atomic E-state index is 13.2. The summed E-state index contributed by atoms with van der Waals surface area (Å²) in [5.74, 6) is 0.321. The third kappa shape index (κ3) is 5.31. The van der Waals surface area contributed by atoms with Crippen molar-refractivity contribution in [2.24, 2.45) is 0 Å². The number of aryl methyl sites for hydroxylation is 1. The van der Waals surface area contributed by atoms with Gasteiger partial charge in [0.15, 0.2) is 0 Å². The van der Waals surface area contributed by atoms with Crippen LogP contribution in [0.3, 0.4) is 0 Å². The number of carbonyl (C=O) groups is 1. The zero-order chi connectivity index (χ0) is 22.7. The van der Waals surface area contributed by atoms with E-state index >= 15 is 0 Å². The second-order valence-corrected chi connectivity index (χ2v) is 8.98. The molecule has 4 rings (SSSR count).